The number of thioether (sulfide) groups is 1. The highest BCUT2D eigenvalue weighted by Crippen LogP contribution is 2.24. The molecule has 0 spiro atoms. The van der Waals surface area contributed by atoms with Crippen molar-refractivity contribution in [3.8, 4) is 5.69 Å². The third-order valence-corrected chi connectivity index (χ3v) is 4.99. The van der Waals surface area contributed by atoms with Crippen molar-refractivity contribution in [2.75, 3.05) is 6.54 Å². The summed E-state index contributed by atoms with van der Waals surface area (Å²) in [4.78, 5) is 11.9. The van der Waals surface area contributed by atoms with Crippen LogP contribution in [0.5, 0.6) is 0 Å². The molecule has 4 nitrogen and oxygen atoms in total. The normalized spacial score (nSPS) is 19.0. The van der Waals surface area contributed by atoms with Gasteiger partial charge in [0.2, 0.25) is 5.91 Å². The highest BCUT2D eigenvalue weighted by atomic mass is 32.2. The fourth-order valence-corrected chi connectivity index (χ4v) is 3.59. The molecule has 1 aromatic heterocycles. The quantitative estimate of drug-likeness (QED) is 0.944. The molecule has 0 aliphatic carbocycles. The van der Waals surface area contributed by atoms with Crippen LogP contribution in [0.4, 0.5) is 0 Å². The fraction of sp³-hybridized carbons (Fsp3) is 0.375. The summed E-state index contributed by atoms with van der Waals surface area (Å²) < 4.78 is 1.84. The van der Waals surface area contributed by atoms with Crippen molar-refractivity contribution in [3.63, 3.8) is 0 Å². The van der Waals surface area contributed by atoms with Gasteiger partial charge in [0.25, 0.3) is 0 Å². The molecule has 0 saturated carbocycles. The third kappa shape index (κ3) is 3.67. The molecule has 3 rings (SSSR count). The summed E-state index contributed by atoms with van der Waals surface area (Å²) >= 11 is 1.74. The van der Waals surface area contributed by atoms with E-state index in [-0.39, 0.29) is 11.2 Å². The molecule has 1 aliphatic rings. The van der Waals surface area contributed by atoms with Crippen molar-refractivity contribution in [1.29, 1.82) is 0 Å². The van der Waals surface area contributed by atoms with E-state index in [0.717, 1.165) is 37.2 Å². The number of nitrogens with zero attached hydrogens (tertiary/aromatic N) is 2. The van der Waals surface area contributed by atoms with Crippen molar-refractivity contribution >= 4 is 17.7 Å². The fourth-order valence-electron chi connectivity index (χ4n) is 2.43. The Morgan fingerprint density at radius 1 is 1.29 bits per heavy atom. The van der Waals surface area contributed by atoms with Crippen LogP contribution in [-0.2, 0) is 10.5 Å². The maximum absolute atomic E-state index is 11.9. The van der Waals surface area contributed by atoms with E-state index in [1.54, 1.807) is 18.0 Å². The van der Waals surface area contributed by atoms with Crippen LogP contribution >= 0.6 is 11.8 Å². The average molecular weight is 301 g/mol. The Morgan fingerprint density at radius 3 is 2.90 bits per heavy atom. The molecule has 2 heterocycles. The van der Waals surface area contributed by atoms with Gasteiger partial charge in [-0.2, -0.15) is 5.10 Å². The first-order valence-electron chi connectivity index (χ1n) is 7.31. The Kier molecular flexibility index (Phi) is 4.60. The van der Waals surface area contributed by atoms with Crippen molar-refractivity contribution in [3.05, 3.63) is 48.3 Å². The van der Waals surface area contributed by atoms with E-state index in [9.17, 15) is 4.79 Å². The summed E-state index contributed by atoms with van der Waals surface area (Å²) in [6.07, 6.45) is 6.92. The Morgan fingerprint density at radius 2 is 2.14 bits per heavy atom. The van der Waals surface area contributed by atoms with Gasteiger partial charge in [0.05, 0.1) is 10.9 Å². The number of nitrogens with one attached hydrogen (secondary N) is 1. The van der Waals surface area contributed by atoms with E-state index < -0.39 is 0 Å². The molecule has 1 aliphatic heterocycles. The van der Waals surface area contributed by atoms with Crippen molar-refractivity contribution in [2.24, 2.45) is 0 Å². The second-order valence-electron chi connectivity index (χ2n) is 5.20. The van der Waals surface area contributed by atoms with E-state index in [4.69, 9.17) is 0 Å². The maximum Gasteiger partial charge on any atom is 0.233 e. The lowest BCUT2D eigenvalue weighted by Gasteiger charge is -2.12. The summed E-state index contributed by atoms with van der Waals surface area (Å²) in [6.45, 7) is 0.828. The largest absolute Gasteiger partial charge is 0.355 e. The predicted molar refractivity (Wildman–Crippen MR) is 85.5 cm³/mol. The number of aromatic nitrogens is 2. The standard InChI is InChI=1S/C16H19N3OS/c20-16-15(4-1-2-9-17-16)21-12-13-5-7-14(8-6-13)19-11-3-10-18-19/h3,5-8,10-11,15H,1-2,4,9,12H2,(H,17,20)/t15-/m1/s1. The van der Waals surface area contributed by atoms with Crippen molar-refractivity contribution < 1.29 is 4.79 Å². The molecule has 110 valence electrons. The average Bonchev–Trinajstić information content (AvgIpc) is 2.97. The van der Waals surface area contributed by atoms with Crippen LogP contribution in [-0.4, -0.2) is 27.5 Å². The van der Waals surface area contributed by atoms with Gasteiger partial charge in [0.15, 0.2) is 0 Å². The molecule has 2 aromatic rings. The lowest BCUT2D eigenvalue weighted by atomic mass is 10.2. The first-order chi connectivity index (χ1) is 10.3. The van der Waals surface area contributed by atoms with Gasteiger partial charge in [-0.1, -0.05) is 18.6 Å². The monoisotopic (exact) mass is 301 g/mol. The number of hydrogen-bond acceptors (Lipinski definition) is 3. The highest BCUT2D eigenvalue weighted by Gasteiger charge is 2.20. The molecule has 1 fully saturated rings. The zero-order valence-corrected chi connectivity index (χ0v) is 12.7. The molecule has 5 heteroatoms. The topological polar surface area (TPSA) is 46.9 Å². The SMILES string of the molecule is O=C1NCCCC[C@H]1SCc1ccc(-n2cccn2)cc1. The summed E-state index contributed by atoms with van der Waals surface area (Å²) in [5.41, 5.74) is 2.30. The lowest BCUT2D eigenvalue weighted by Crippen LogP contribution is -2.30. The molecule has 0 unspecified atom stereocenters. The van der Waals surface area contributed by atoms with Gasteiger partial charge < -0.3 is 5.32 Å². The van der Waals surface area contributed by atoms with Crippen molar-refractivity contribution in [1.82, 2.24) is 15.1 Å². The minimum absolute atomic E-state index is 0.0956. The number of rotatable bonds is 4. The molecule has 0 bridgehead atoms. The van der Waals surface area contributed by atoms with E-state index >= 15 is 0 Å². The molecule has 1 saturated heterocycles. The van der Waals surface area contributed by atoms with Crippen LogP contribution in [0.1, 0.15) is 24.8 Å². The Bertz CT molecular complexity index is 580. The van der Waals surface area contributed by atoms with Gasteiger partial charge in [-0.05, 0) is 36.6 Å². The van der Waals surface area contributed by atoms with E-state index in [1.165, 1.54) is 5.56 Å². The second-order valence-corrected chi connectivity index (χ2v) is 6.39. The molecule has 21 heavy (non-hydrogen) atoms. The van der Waals surface area contributed by atoms with Crippen LogP contribution in [0.15, 0.2) is 42.7 Å². The zero-order chi connectivity index (χ0) is 14.5. The molecule has 1 N–H and O–H groups in total. The van der Waals surface area contributed by atoms with Gasteiger partial charge in [0, 0.05) is 24.7 Å². The van der Waals surface area contributed by atoms with Gasteiger partial charge >= 0.3 is 0 Å². The predicted octanol–water partition coefficient (Wildman–Crippen LogP) is 2.77. The molecule has 0 radical (unpaired) electrons. The van der Waals surface area contributed by atoms with E-state index in [0.29, 0.717) is 0 Å². The molecular formula is C16H19N3OS. The molecule has 1 aromatic carbocycles. The lowest BCUT2D eigenvalue weighted by molar-refractivity contribution is -0.120. The molecule has 1 amide bonds. The van der Waals surface area contributed by atoms with E-state index in [2.05, 4.69) is 34.7 Å². The number of hydrogen-bond donors (Lipinski definition) is 1. The highest BCUT2D eigenvalue weighted by molar-refractivity contribution is 7.99. The minimum Gasteiger partial charge on any atom is -0.355 e. The van der Waals surface area contributed by atoms with Gasteiger partial charge in [-0.3, -0.25) is 4.79 Å². The summed E-state index contributed by atoms with van der Waals surface area (Å²) in [5, 5.41) is 7.30. The number of benzene rings is 1. The zero-order valence-electron chi connectivity index (χ0n) is 11.9. The van der Waals surface area contributed by atoms with Crippen LogP contribution in [0.2, 0.25) is 0 Å². The number of amides is 1. The van der Waals surface area contributed by atoms with Crippen molar-refractivity contribution in [2.45, 2.75) is 30.3 Å². The van der Waals surface area contributed by atoms with Crippen LogP contribution in [0, 0.1) is 0 Å². The van der Waals surface area contributed by atoms with Gasteiger partial charge in [-0.25, -0.2) is 4.68 Å². The Hall–Kier alpha value is -1.75. The number of carbonyl (C=O) groups excluding carboxylic acids is 1. The minimum atomic E-state index is 0.0956. The first-order valence-corrected chi connectivity index (χ1v) is 8.36. The maximum atomic E-state index is 11.9. The van der Waals surface area contributed by atoms with Gasteiger partial charge in [0.1, 0.15) is 0 Å². The van der Waals surface area contributed by atoms with Gasteiger partial charge in [-0.15, -0.1) is 11.8 Å². The van der Waals surface area contributed by atoms with Crippen LogP contribution in [0.3, 0.4) is 0 Å². The Balaban J connectivity index is 1.59. The summed E-state index contributed by atoms with van der Waals surface area (Å²) in [7, 11) is 0. The number of carbonyl (C=O) groups is 1. The summed E-state index contributed by atoms with van der Waals surface area (Å²) in [6, 6.07) is 10.3. The molecule has 1 atom stereocenters. The van der Waals surface area contributed by atoms with Crippen LogP contribution < -0.4 is 5.32 Å². The van der Waals surface area contributed by atoms with E-state index in [1.807, 2.05) is 16.9 Å². The second kappa shape index (κ2) is 6.80. The smallest absolute Gasteiger partial charge is 0.233 e. The summed E-state index contributed by atoms with van der Waals surface area (Å²) in [5.74, 6) is 1.07. The Labute approximate surface area is 128 Å². The van der Waals surface area contributed by atoms with Crippen LogP contribution in [0.25, 0.3) is 5.69 Å². The first kappa shape index (κ1) is 14.2. The third-order valence-electron chi connectivity index (χ3n) is 3.64. The molecular weight excluding hydrogens is 282 g/mol.